The van der Waals surface area contributed by atoms with Gasteiger partial charge in [-0.3, -0.25) is 4.79 Å². The second kappa shape index (κ2) is 7.94. The Morgan fingerprint density at radius 2 is 1.67 bits per heavy atom. The molecule has 1 aliphatic rings. The normalized spacial score (nSPS) is 14.7. The largest absolute Gasteiger partial charge is 0.356 e. The molecular weight excluding hydrogens is 376 g/mol. The minimum absolute atomic E-state index is 0.00289. The van der Waals surface area contributed by atoms with Crippen LogP contribution in [0.25, 0.3) is 17.0 Å². The zero-order chi connectivity index (χ0) is 20.3. The highest BCUT2D eigenvalue weighted by Crippen LogP contribution is 2.28. The van der Waals surface area contributed by atoms with Crippen LogP contribution >= 0.6 is 0 Å². The summed E-state index contributed by atoms with van der Waals surface area (Å²) in [4.78, 5) is 23.9. The Bertz CT molecular complexity index is 1150. The van der Waals surface area contributed by atoms with Gasteiger partial charge in [-0.05, 0) is 25.0 Å². The molecule has 0 aliphatic carbocycles. The summed E-state index contributed by atoms with van der Waals surface area (Å²) >= 11 is 0. The van der Waals surface area contributed by atoms with E-state index in [1.807, 2.05) is 60.7 Å². The predicted molar refractivity (Wildman–Crippen MR) is 116 cm³/mol. The summed E-state index contributed by atoms with van der Waals surface area (Å²) in [6.45, 7) is 1.56. The summed E-state index contributed by atoms with van der Waals surface area (Å²) in [5, 5.41) is 7.39. The summed E-state index contributed by atoms with van der Waals surface area (Å²) in [5.41, 5.74) is 2.76. The molecule has 0 saturated carbocycles. The van der Waals surface area contributed by atoms with Crippen molar-refractivity contribution in [1.29, 1.82) is 0 Å². The molecular formula is C23H22N6O. The van der Waals surface area contributed by atoms with Crippen LogP contribution in [0, 0.1) is 5.92 Å². The smallest absolute Gasteiger partial charge is 0.254 e. The number of aromatic nitrogens is 4. The first-order valence-electron chi connectivity index (χ1n) is 10.1. The average Bonchev–Trinajstić information content (AvgIpc) is 3.29. The van der Waals surface area contributed by atoms with E-state index < -0.39 is 0 Å². The van der Waals surface area contributed by atoms with Crippen molar-refractivity contribution < 1.29 is 4.79 Å². The van der Waals surface area contributed by atoms with Crippen LogP contribution in [0.5, 0.6) is 0 Å². The van der Waals surface area contributed by atoms with Gasteiger partial charge < -0.3 is 10.2 Å². The van der Waals surface area contributed by atoms with Crippen molar-refractivity contribution >= 4 is 23.2 Å². The van der Waals surface area contributed by atoms with E-state index >= 15 is 0 Å². The monoisotopic (exact) mass is 398 g/mol. The summed E-state index contributed by atoms with van der Waals surface area (Å²) in [6, 6.07) is 21.8. The van der Waals surface area contributed by atoms with E-state index in [-0.39, 0.29) is 11.8 Å². The van der Waals surface area contributed by atoms with Crippen molar-refractivity contribution in [3.8, 4) is 11.3 Å². The van der Waals surface area contributed by atoms with Crippen molar-refractivity contribution in [3.05, 3.63) is 73.1 Å². The molecule has 0 spiro atoms. The fourth-order valence-electron chi connectivity index (χ4n) is 3.92. The quantitative estimate of drug-likeness (QED) is 0.568. The summed E-state index contributed by atoms with van der Waals surface area (Å²) in [7, 11) is 0. The molecule has 5 rings (SSSR count). The lowest BCUT2D eigenvalue weighted by molar-refractivity contribution is -0.120. The van der Waals surface area contributed by atoms with Gasteiger partial charge in [0.25, 0.3) is 5.78 Å². The van der Waals surface area contributed by atoms with Crippen molar-refractivity contribution in [2.75, 3.05) is 23.3 Å². The average molecular weight is 398 g/mol. The first-order valence-corrected chi connectivity index (χ1v) is 10.1. The molecule has 2 aromatic heterocycles. The number of amides is 1. The highest BCUT2D eigenvalue weighted by atomic mass is 16.1. The van der Waals surface area contributed by atoms with Gasteiger partial charge in [-0.25, -0.2) is 4.98 Å². The van der Waals surface area contributed by atoms with E-state index in [1.54, 1.807) is 4.52 Å². The fraction of sp³-hybridized carbons (Fsp3) is 0.217. The van der Waals surface area contributed by atoms with Crippen LogP contribution in [0.2, 0.25) is 0 Å². The zero-order valence-corrected chi connectivity index (χ0v) is 16.5. The van der Waals surface area contributed by atoms with Crippen molar-refractivity contribution in [1.82, 2.24) is 19.6 Å². The minimum Gasteiger partial charge on any atom is -0.356 e. The summed E-state index contributed by atoms with van der Waals surface area (Å²) < 4.78 is 1.77. The zero-order valence-electron chi connectivity index (χ0n) is 16.5. The van der Waals surface area contributed by atoms with Crippen LogP contribution in [0.1, 0.15) is 12.8 Å². The van der Waals surface area contributed by atoms with Gasteiger partial charge in [-0.2, -0.15) is 14.6 Å². The van der Waals surface area contributed by atoms with E-state index in [1.165, 1.54) is 6.33 Å². The van der Waals surface area contributed by atoms with Crippen LogP contribution in [-0.2, 0) is 4.79 Å². The number of carbonyl (C=O) groups is 1. The van der Waals surface area contributed by atoms with E-state index in [2.05, 4.69) is 31.3 Å². The van der Waals surface area contributed by atoms with Gasteiger partial charge >= 0.3 is 0 Å². The van der Waals surface area contributed by atoms with Crippen molar-refractivity contribution in [3.63, 3.8) is 0 Å². The Morgan fingerprint density at radius 1 is 0.967 bits per heavy atom. The van der Waals surface area contributed by atoms with Crippen molar-refractivity contribution in [2.24, 2.45) is 5.92 Å². The first-order chi connectivity index (χ1) is 14.8. The predicted octanol–water partition coefficient (Wildman–Crippen LogP) is 3.65. The summed E-state index contributed by atoms with van der Waals surface area (Å²) in [6.07, 6.45) is 3.11. The molecule has 1 fully saturated rings. The van der Waals surface area contributed by atoms with E-state index in [0.29, 0.717) is 5.78 Å². The SMILES string of the molecule is O=C(Nc1ccccc1)C1CCN(c2cc(-c3ccccc3)nc3ncnn23)CC1. The number of carbonyl (C=O) groups excluding carboxylic acids is 1. The molecule has 1 aliphatic heterocycles. The van der Waals surface area contributed by atoms with Crippen LogP contribution < -0.4 is 10.2 Å². The number of para-hydroxylation sites is 1. The highest BCUT2D eigenvalue weighted by molar-refractivity contribution is 5.92. The second-order valence-electron chi connectivity index (χ2n) is 7.45. The maximum Gasteiger partial charge on any atom is 0.254 e. The van der Waals surface area contributed by atoms with Gasteiger partial charge in [0.1, 0.15) is 12.1 Å². The number of anilines is 2. The maximum atomic E-state index is 12.7. The first kappa shape index (κ1) is 18.3. The Kier molecular flexibility index (Phi) is 4.85. The Morgan fingerprint density at radius 3 is 2.40 bits per heavy atom. The van der Waals surface area contributed by atoms with Gasteiger partial charge in [0, 0.05) is 36.3 Å². The number of nitrogens with zero attached hydrogens (tertiary/aromatic N) is 5. The molecule has 0 atom stereocenters. The van der Waals surface area contributed by atoms with Gasteiger partial charge in [0.2, 0.25) is 5.91 Å². The van der Waals surface area contributed by atoms with Gasteiger partial charge in [0.05, 0.1) is 5.69 Å². The molecule has 2 aromatic carbocycles. The molecule has 7 heteroatoms. The van der Waals surface area contributed by atoms with Crippen LogP contribution in [0.4, 0.5) is 11.5 Å². The lowest BCUT2D eigenvalue weighted by Gasteiger charge is -2.33. The van der Waals surface area contributed by atoms with E-state index in [4.69, 9.17) is 0 Å². The molecule has 30 heavy (non-hydrogen) atoms. The third-order valence-electron chi connectivity index (χ3n) is 5.53. The third kappa shape index (κ3) is 3.61. The lowest BCUT2D eigenvalue weighted by Crippen LogP contribution is -2.39. The van der Waals surface area contributed by atoms with Crippen LogP contribution in [-0.4, -0.2) is 38.6 Å². The molecule has 3 heterocycles. The molecule has 4 aromatic rings. The number of hydrogen-bond donors (Lipinski definition) is 1. The maximum absolute atomic E-state index is 12.7. The number of hydrogen-bond acceptors (Lipinski definition) is 5. The number of nitrogens with one attached hydrogen (secondary N) is 1. The Balaban J connectivity index is 1.35. The molecule has 7 nitrogen and oxygen atoms in total. The molecule has 1 amide bonds. The Labute approximate surface area is 174 Å². The van der Waals surface area contributed by atoms with Gasteiger partial charge in [0.15, 0.2) is 0 Å². The molecule has 1 N–H and O–H groups in total. The summed E-state index contributed by atoms with van der Waals surface area (Å²) in [5.74, 6) is 1.63. The van der Waals surface area contributed by atoms with Crippen LogP contribution in [0.15, 0.2) is 73.1 Å². The third-order valence-corrected chi connectivity index (χ3v) is 5.53. The topological polar surface area (TPSA) is 75.4 Å². The van der Waals surface area contributed by atoms with Gasteiger partial charge in [-0.15, -0.1) is 0 Å². The highest BCUT2D eigenvalue weighted by Gasteiger charge is 2.27. The molecule has 0 radical (unpaired) electrons. The molecule has 150 valence electrons. The van der Waals surface area contributed by atoms with E-state index in [9.17, 15) is 4.79 Å². The van der Waals surface area contributed by atoms with Gasteiger partial charge in [-0.1, -0.05) is 48.5 Å². The second-order valence-corrected chi connectivity index (χ2v) is 7.45. The molecule has 0 unspecified atom stereocenters. The lowest BCUT2D eigenvalue weighted by atomic mass is 9.95. The van der Waals surface area contributed by atoms with Crippen LogP contribution in [0.3, 0.4) is 0 Å². The number of piperidine rings is 1. The number of fused-ring (bicyclic) bond motifs is 1. The van der Waals surface area contributed by atoms with Crippen molar-refractivity contribution in [2.45, 2.75) is 12.8 Å². The Hall–Kier alpha value is -3.74. The molecule has 0 bridgehead atoms. The number of benzene rings is 2. The molecule has 1 saturated heterocycles. The number of rotatable bonds is 4. The standard InChI is InChI=1S/C23H22N6O/c30-22(26-19-9-5-2-6-10-19)18-11-13-28(14-12-18)21-15-20(17-7-3-1-4-8-17)27-23-24-16-25-29(21)23/h1-10,15-16,18H,11-14H2,(H,26,30). The van der Waals surface area contributed by atoms with E-state index in [0.717, 1.165) is 48.7 Å². The fourth-order valence-corrected chi connectivity index (χ4v) is 3.92. The minimum atomic E-state index is 0.00289.